The molecular formula is C25H22N2O3. The fourth-order valence-electron chi connectivity index (χ4n) is 3.31. The van der Waals surface area contributed by atoms with E-state index in [2.05, 4.69) is 22.1 Å². The minimum atomic E-state index is -0.259. The number of benzene rings is 3. The van der Waals surface area contributed by atoms with E-state index in [1.807, 2.05) is 60.7 Å². The Bertz CT molecular complexity index is 1200. The number of fused-ring (bicyclic) bond motifs is 1. The highest BCUT2D eigenvalue weighted by molar-refractivity contribution is 5.77. The third kappa shape index (κ3) is 4.81. The quantitative estimate of drug-likeness (QED) is 0.460. The number of esters is 1. The van der Waals surface area contributed by atoms with Crippen LogP contribution in [-0.4, -0.2) is 15.9 Å². The summed E-state index contributed by atoms with van der Waals surface area (Å²) in [6.45, 7) is 0.249. The Balaban J connectivity index is 1.26. The minimum absolute atomic E-state index is 0.155. The van der Waals surface area contributed by atoms with Gasteiger partial charge >= 0.3 is 5.97 Å². The van der Waals surface area contributed by atoms with Crippen molar-refractivity contribution in [2.75, 3.05) is 0 Å². The van der Waals surface area contributed by atoms with Gasteiger partial charge < -0.3 is 9.72 Å². The second-order valence-electron chi connectivity index (χ2n) is 7.11. The molecule has 150 valence electrons. The molecule has 1 aromatic heterocycles. The highest BCUT2D eigenvalue weighted by atomic mass is 16.5. The zero-order chi connectivity index (χ0) is 20.8. The second-order valence-corrected chi connectivity index (χ2v) is 7.11. The van der Waals surface area contributed by atoms with E-state index in [0.29, 0.717) is 29.6 Å². The van der Waals surface area contributed by atoms with E-state index in [1.54, 1.807) is 6.07 Å². The van der Waals surface area contributed by atoms with E-state index in [0.717, 1.165) is 16.7 Å². The number of para-hydroxylation sites is 1. The third-order valence-corrected chi connectivity index (χ3v) is 4.92. The third-order valence-electron chi connectivity index (χ3n) is 4.92. The zero-order valence-corrected chi connectivity index (χ0v) is 16.5. The number of aromatic amines is 1. The van der Waals surface area contributed by atoms with Crippen molar-refractivity contribution in [2.24, 2.45) is 0 Å². The molecule has 0 radical (unpaired) electrons. The summed E-state index contributed by atoms with van der Waals surface area (Å²) in [6.07, 6.45) is 1.35. The number of aryl methyl sites for hydroxylation is 1. The largest absolute Gasteiger partial charge is 0.461 e. The summed E-state index contributed by atoms with van der Waals surface area (Å²) in [5.41, 5.74) is 3.74. The maximum Gasteiger partial charge on any atom is 0.306 e. The Morgan fingerprint density at radius 1 is 0.867 bits per heavy atom. The lowest BCUT2D eigenvalue weighted by Gasteiger charge is -2.07. The molecule has 5 heteroatoms. The minimum Gasteiger partial charge on any atom is -0.461 e. The molecule has 0 unspecified atom stereocenters. The summed E-state index contributed by atoms with van der Waals surface area (Å²) >= 11 is 0. The Morgan fingerprint density at radius 2 is 1.57 bits per heavy atom. The molecule has 3 aromatic carbocycles. The maximum atomic E-state index is 12.1. The van der Waals surface area contributed by atoms with Gasteiger partial charge in [-0.05, 0) is 35.2 Å². The van der Waals surface area contributed by atoms with Crippen LogP contribution in [0.15, 0.2) is 83.7 Å². The molecule has 0 aliphatic carbocycles. The number of carbonyl (C=O) groups excluding carboxylic acids is 1. The van der Waals surface area contributed by atoms with Gasteiger partial charge in [-0.25, -0.2) is 4.98 Å². The van der Waals surface area contributed by atoms with Gasteiger partial charge in [0.2, 0.25) is 0 Å². The lowest BCUT2D eigenvalue weighted by atomic mass is 10.0. The second kappa shape index (κ2) is 9.18. The van der Waals surface area contributed by atoms with Crippen LogP contribution in [0, 0.1) is 0 Å². The van der Waals surface area contributed by atoms with E-state index in [9.17, 15) is 9.59 Å². The first-order valence-electron chi connectivity index (χ1n) is 9.97. The van der Waals surface area contributed by atoms with Gasteiger partial charge in [0.25, 0.3) is 5.56 Å². The molecule has 0 saturated carbocycles. The van der Waals surface area contributed by atoms with Crippen molar-refractivity contribution >= 4 is 16.9 Å². The van der Waals surface area contributed by atoms with Crippen molar-refractivity contribution in [1.29, 1.82) is 0 Å². The number of hydrogen-bond donors (Lipinski definition) is 1. The van der Waals surface area contributed by atoms with Crippen LogP contribution in [-0.2, 0) is 22.6 Å². The van der Waals surface area contributed by atoms with Gasteiger partial charge in [0, 0.05) is 12.8 Å². The van der Waals surface area contributed by atoms with Crippen LogP contribution in [0.1, 0.15) is 24.2 Å². The average Bonchev–Trinajstić information content (AvgIpc) is 2.79. The lowest BCUT2D eigenvalue weighted by Crippen LogP contribution is -2.12. The van der Waals surface area contributed by atoms with E-state index in [4.69, 9.17) is 4.74 Å². The number of aromatic nitrogens is 2. The van der Waals surface area contributed by atoms with E-state index < -0.39 is 0 Å². The predicted octanol–water partition coefficient (Wildman–Crippen LogP) is 4.66. The lowest BCUT2D eigenvalue weighted by molar-refractivity contribution is -0.145. The SMILES string of the molecule is O=C(CCCc1nc2ccccc2c(=O)[nH]1)OCc1ccc(-c2ccccc2)cc1. The van der Waals surface area contributed by atoms with Crippen molar-refractivity contribution in [1.82, 2.24) is 9.97 Å². The van der Waals surface area contributed by atoms with E-state index in [-0.39, 0.29) is 24.6 Å². The summed E-state index contributed by atoms with van der Waals surface area (Å²) in [7, 11) is 0. The molecule has 4 aromatic rings. The van der Waals surface area contributed by atoms with Gasteiger partial charge in [0.15, 0.2) is 0 Å². The topological polar surface area (TPSA) is 72.0 Å². The monoisotopic (exact) mass is 398 g/mol. The number of rotatable bonds is 7. The van der Waals surface area contributed by atoms with Crippen molar-refractivity contribution in [3.8, 4) is 11.1 Å². The summed E-state index contributed by atoms with van der Waals surface area (Å²) in [5, 5.41) is 0.568. The molecule has 30 heavy (non-hydrogen) atoms. The van der Waals surface area contributed by atoms with Crippen LogP contribution in [0.2, 0.25) is 0 Å². The number of hydrogen-bond acceptors (Lipinski definition) is 4. The van der Waals surface area contributed by atoms with E-state index in [1.165, 1.54) is 0 Å². The van der Waals surface area contributed by atoms with Crippen LogP contribution in [0.3, 0.4) is 0 Å². The number of H-pyrrole nitrogens is 1. The van der Waals surface area contributed by atoms with Gasteiger partial charge in [-0.15, -0.1) is 0 Å². The molecule has 1 heterocycles. The normalized spacial score (nSPS) is 10.8. The smallest absolute Gasteiger partial charge is 0.306 e. The molecule has 0 amide bonds. The van der Waals surface area contributed by atoms with Crippen LogP contribution >= 0.6 is 0 Å². The highest BCUT2D eigenvalue weighted by Gasteiger charge is 2.07. The fraction of sp³-hybridized carbons (Fsp3) is 0.160. The van der Waals surface area contributed by atoms with Gasteiger partial charge in [-0.2, -0.15) is 0 Å². The number of carbonyl (C=O) groups is 1. The van der Waals surface area contributed by atoms with Crippen LogP contribution in [0.25, 0.3) is 22.0 Å². The van der Waals surface area contributed by atoms with Gasteiger partial charge in [0.05, 0.1) is 10.9 Å². The fourth-order valence-corrected chi connectivity index (χ4v) is 3.31. The van der Waals surface area contributed by atoms with Gasteiger partial charge in [-0.1, -0.05) is 66.7 Å². The molecule has 0 aliphatic heterocycles. The van der Waals surface area contributed by atoms with Crippen LogP contribution in [0.5, 0.6) is 0 Å². The molecule has 1 N–H and O–H groups in total. The zero-order valence-electron chi connectivity index (χ0n) is 16.5. The number of nitrogens with one attached hydrogen (secondary N) is 1. The molecule has 0 bridgehead atoms. The van der Waals surface area contributed by atoms with E-state index >= 15 is 0 Å². The predicted molar refractivity (Wildman–Crippen MR) is 117 cm³/mol. The molecule has 0 spiro atoms. The summed E-state index contributed by atoms with van der Waals surface area (Å²) in [5.74, 6) is 0.327. The van der Waals surface area contributed by atoms with Crippen molar-refractivity contribution in [3.05, 3.63) is 101 Å². The average molecular weight is 398 g/mol. The van der Waals surface area contributed by atoms with Crippen molar-refractivity contribution in [2.45, 2.75) is 25.9 Å². The number of ether oxygens (including phenoxy) is 1. The summed E-state index contributed by atoms with van der Waals surface area (Å²) in [4.78, 5) is 31.4. The first-order chi connectivity index (χ1) is 14.7. The first kappa shape index (κ1) is 19.6. The molecule has 0 aliphatic rings. The summed E-state index contributed by atoms with van der Waals surface area (Å²) in [6, 6.07) is 25.3. The first-order valence-corrected chi connectivity index (χ1v) is 9.97. The van der Waals surface area contributed by atoms with Crippen molar-refractivity contribution < 1.29 is 9.53 Å². The number of nitrogens with zero attached hydrogens (tertiary/aromatic N) is 1. The Hall–Kier alpha value is -3.73. The molecule has 5 nitrogen and oxygen atoms in total. The Labute approximate surface area is 174 Å². The molecular weight excluding hydrogens is 376 g/mol. The molecule has 4 rings (SSSR count). The molecule has 0 atom stereocenters. The Kier molecular flexibility index (Phi) is 5.99. The highest BCUT2D eigenvalue weighted by Crippen LogP contribution is 2.19. The van der Waals surface area contributed by atoms with Gasteiger partial charge in [0.1, 0.15) is 12.4 Å². The summed E-state index contributed by atoms with van der Waals surface area (Å²) < 4.78 is 5.37. The molecule has 0 saturated heterocycles. The standard InChI is InChI=1S/C25H22N2O3/c28-24(12-6-11-23-26-22-10-5-4-9-21(22)25(29)27-23)30-17-18-13-15-20(16-14-18)19-7-2-1-3-8-19/h1-5,7-10,13-16H,6,11-12,17H2,(H,26,27,29). The van der Waals surface area contributed by atoms with Gasteiger partial charge in [-0.3, -0.25) is 9.59 Å². The maximum absolute atomic E-state index is 12.1. The van der Waals surface area contributed by atoms with Crippen LogP contribution < -0.4 is 5.56 Å². The van der Waals surface area contributed by atoms with Crippen LogP contribution in [0.4, 0.5) is 0 Å². The molecule has 0 fully saturated rings. The van der Waals surface area contributed by atoms with Crippen molar-refractivity contribution in [3.63, 3.8) is 0 Å². The Morgan fingerprint density at radius 3 is 2.37 bits per heavy atom.